The molecule has 0 spiro atoms. The maximum atomic E-state index is 13.5. The van der Waals surface area contributed by atoms with Crippen LogP contribution >= 0.6 is 0 Å². The molecule has 1 aliphatic heterocycles. The van der Waals surface area contributed by atoms with E-state index in [4.69, 9.17) is 0 Å². The van der Waals surface area contributed by atoms with Crippen LogP contribution in [0, 0.1) is 17.2 Å². The molecular weight excluding hydrogens is 231 g/mol. The van der Waals surface area contributed by atoms with Gasteiger partial charge in [-0.15, -0.1) is 0 Å². The van der Waals surface area contributed by atoms with Crippen molar-refractivity contribution in [2.75, 3.05) is 13.1 Å². The van der Waals surface area contributed by atoms with Gasteiger partial charge in [0.2, 0.25) is 0 Å². The van der Waals surface area contributed by atoms with Crippen LogP contribution in [0.2, 0.25) is 0 Å². The number of hydrogen-bond donors (Lipinski definition) is 0. The first-order valence-electron chi connectivity index (χ1n) is 6.28. The van der Waals surface area contributed by atoms with Crippen molar-refractivity contribution in [1.29, 1.82) is 0 Å². The molecule has 3 nitrogen and oxygen atoms in total. The largest absolute Gasteiger partial charge is 0.338 e. The Hall–Kier alpha value is -1.45. The zero-order chi connectivity index (χ0) is 13.3. The molecule has 1 fully saturated rings. The smallest absolute Gasteiger partial charge is 0.256 e. The minimum absolute atomic E-state index is 0.125. The van der Waals surface area contributed by atoms with Crippen molar-refractivity contribution in [3.8, 4) is 0 Å². The van der Waals surface area contributed by atoms with E-state index in [1.807, 2.05) is 0 Å². The fourth-order valence-electron chi connectivity index (χ4n) is 2.37. The molecule has 2 heterocycles. The molecule has 1 atom stereocenters. The molecule has 1 aromatic rings. The number of carbonyl (C=O) groups excluding carboxylic acids is 1. The lowest BCUT2D eigenvalue weighted by Gasteiger charge is -2.27. The van der Waals surface area contributed by atoms with Gasteiger partial charge >= 0.3 is 0 Å². The van der Waals surface area contributed by atoms with E-state index >= 15 is 0 Å². The fraction of sp³-hybridized carbons (Fsp3) is 0.571. The van der Waals surface area contributed by atoms with E-state index in [1.54, 1.807) is 4.90 Å². The second-order valence-corrected chi connectivity index (χ2v) is 5.96. The van der Waals surface area contributed by atoms with E-state index in [9.17, 15) is 9.18 Å². The third kappa shape index (κ3) is 2.52. The molecule has 0 radical (unpaired) electrons. The quantitative estimate of drug-likeness (QED) is 0.767. The molecule has 4 heteroatoms. The third-order valence-electron chi connectivity index (χ3n) is 3.70. The van der Waals surface area contributed by atoms with Crippen molar-refractivity contribution in [2.24, 2.45) is 11.3 Å². The van der Waals surface area contributed by atoms with E-state index in [-0.39, 0.29) is 16.9 Å². The lowest BCUT2D eigenvalue weighted by atomic mass is 9.80. The Bertz CT molecular complexity index is 453. The van der Waals surface area contributed by atoms with Gasteiger partial charge in [0.25, 0.3) is 5.91 Å². The van der Waals surface area contributed by atoms with Crippen molar-refractivity contribution in [2.45, 2.75) is 27.2 Å². The van der Waals surface area contributed by atoms with Crippen molar-refractivity contribution in [3.05, 3.63) is 29.8 Å². The Morgan fingerprint density at radius 1 is 1.50 bits per heavy atom. The van der Waals surface area contributed by atoms with Gasteiger partial charge in [0.05, 0.1) is 11.8 Å². The maximum absolute atomic E-state index is 13.5. The average Bonchev–Trinajstić information content (AvgIpc) is 2.77. The highest BCUT2D eigenvalue weighted by Crippen LogP contribution is 2.34. The molecule has 1 aliphatic rings. The zero-order valence-electron chi connectivity index (χ0n) is 11.1. The Morgan fingerprint density at radius 3 is 2.78 bits per heavy atom. The molecule has 2 rings (SSSR count). The molecule has 1 saturated heterocycles. The van der Waals surface area contributed by atoms with Crippen molar-refractivity contribution >= 4 is 5.91 Å². The number of halogens is 1. The zero-order valence-corrected chi connectivity index (χ0v) is 11.1. The highest BCUT2D eigenvalue weighted by molar-refractivity contribution is 5.94. The van der Waals surface area contributed by atoms with E-state index in [0.29, 0.717) is 19.0 Å². The van der Waals surface area contributed by atoms with Gasteiger partial charge in [0, 0.05) is 19.3 Å². The van der Waals surface area contributed by atoms with E-state index < -0.39 is 5.82 Å². The highest BCUT2D eigenvalue weighted by atomic mass is 19.1. The summed E-state index contributed by atoms with van der Waals surface area (Å²) in [4.78, 5) is 17.6. The second-order valence-electron chi connectivity index (χ2n) is 5.96. The molecule has 0 saturated carbocycles. The van der Waals surface area contributed by atoms with Crippen LogP contribution in [0.25, 0.3) is 0 Å². The minimum Gasteiger partial charge on any atom is -0.338 e. The normalized spacial score (nSPS) is 20.2. The standard InChI is InChI=1S/C14H19FN2O/c1-14(2,3)10-5-7-17(9-10)13(18)11-4-6-16-8-12(11)15/h4,6,8,10H,5,7,9H2,1-3H3. The average molecular weight is 250 g/mol. The topological polar surface area (TPSA) is 33.2 Å². The molecular formula is C14H19FN2O. The Morgan fingerprint density at radius 2 is 2.22 bits per heavy atom. The van der Waals surface area contributed by atoms with Gasteiger partial charge in [-0.05, 0) is 23.8 Å². The first kappa shape index (κ1) is 13.0. The first-order chi connectivity index (χ1) is 8.39. The van der Waals surface area contributed by atoms with Crippen molar-refractivity contribution in [3.63, 3.8) is 0 Å². The van der Waals surface area contributed by atoms with Crippen LogP contribution in [0.4, 0.5) is 4.39 Å². The van der Waals surface area contributed by atoms with Gasteiger partial charge in [-0.3, -0.25) is 9.78 Å². The van der Waals surface area contributed by atoms with Crippen LogP contribution in [-0.4, -0.2) is 28.9 Å². The number of hydrogen-bond acceptors (Lipinski definition) is 2. The monoisotopic (exact) mass is 250 g/mol. The Kier molecular flexibility index (Phi) is 3.37. The third-order valence-corrected chi connectivity index (χ3v) is 3.70. The van der Waals surface area contributed by atoms with E-state index in [2.05, 4.69) is 25.8 Å². The summed E-state index contributed by atoms with van der Waals surface area (Å²) >= 11 is 0. The number of pyridine rings is 1. The lowest BCUT2D eigenvalue weighted by Crippen LogP contribution is -2.31. The van der Waals surface area contributed by atoms with Gasteiger partial charge in [-0.2, -0.15) is 0 Å². The van der Waals surface area contributed by atoms with Gasteiger partial charge < -0.3 is 4.90 Å². The number of nitrogens with zero attached hydrogens (tertiary/aromatic N) is 2. The molecule has 1 amide bonds. The summed E-state index contributed by atoms with van der Waals surface area (Å²) in [5.74, 6) is -0.283. The van der Waals surface area contributed by atoms with Crippen LogP contribution in [0.5, 0.6) is 0 Å². The first-order valence-corrected chi connectivity index (χ1v) is 6.28. The van der Waals surface area contributed by atoms with Crippen LogP contribution in [0.3, 0.4) is 0 Å². The molecule has 1 unspecified atom stereocenters. The number of aromatic nitrogens is 1. The highest BCUT2D eigenvalue weighted by Gasteiger charge is 2.34. The molecule has 0 aliphatic carbocycles. The van der Waals surface area contributed by atoms with Crippen LogP contribution < -0.4 is 0 Å². The Balaban J connectivity index is 2.11. The Labute approximate surface area is 107 Å². The summed E-state index contributed by atoms with van der Waals surface area (Å²) in [6, 6.07) is 1.45. The summed E-state index contributed by atoms with van der Waals surface area (Å²) in [6.45, 7) is 7.96. The van der Waals surface area contributed by atoms with Gasteiger partial charge in [-0.1, -0.05) is 20.8 Å². The number of amides is 1. The SMILES string of the molecule is CC(C)(C)C1CCN(C(=O)c2ccncc2F)C1. The van der Waals surface area contributed by atoms with Gasteiger partial charge in [0.1, 0.15) is 0 Å². The molecule has 1 aromatic heterocycles. The number of carbonyl (C=O) groups is 1. The number of rotatable bonds is 1. The summed E-state index contributed by atoms with van der Waals surface area (Å²) in [5, 5.41) is 0. The van der Waals surface area contributed by atoms with Gasteiger partial charge in [-0.25, -0.2) is 4.39 Å². The van der Waals surface area contributed by atoms with Crippen LogP contribution in [0.1, 0.15) is 37.6 Å². The lowest BCUT2D eigenvalue weighted by molar-refractivity contribution is 0.0771. The molecule has 98 valence electrons. The predicted octanol–water partition coefficient (Wildman–Crippen LogP) is 2.73. The summed E-state index contributed by atoms with van der Waals surface area (Å²) in [7, 11) is 0. The minimum atomic E-state index is -0.540. The molecule has 0 bridgehead atoms. The van der Waals surface area contributed by atoms with Crippen molar-refractivity contribution in [1.82, 2.24) is 9.88 Å². The maximum Gasteiger partial charge on any atom is 0.256 e. The summed E-state index contributed by atoms with van der Waals surface area (Å²) in [6.07, 6.45) is 3.53. The summed E-state index contributed by atoms with van der Waals surface area (Å²) in [5.41, 5.74) is 0.311. The van der Waals surface area contributed by atoms with Crippen LogP contribution in [0.15, 0.2) is 18.5 Å². The fourth-order valence-corrected chi connectivity index (χ4v) is 2.37. The van der Waals surface area contributed by atoms with Crippen molar-refractivity contribution < 1.29 is 9.18 Å². The molecule has 18 heavy (non-hydrogen) atoms. The van der Waals surface area contributed by atoms with E-state index in [0.717, 1.165) is 12.6 Å². The predicted molar refractivity (Wildman–Crippen MR) is 67.7 cm³/mol. The van der Waals surface area contributed by atoms with E-state index in [1.165, 1.54) is 12.3 Å². The molecule has 0 N–H and O–H groups in total. The second kappa shape index (κ2) is 4.67. The number of likely N-dealkylation sites (tertiary alicyclic amines) is 1. The summed E-state index contributed by atoms with van der Waals surface area (Å²) < 4.78 is 13.5. The molecule has 0 aromatic carbocycles. The van der Waals surface area contributed by atoms with Gasteiger partial charge in [0.15, 0.2) is 5.82 Å². The van der Waals surface area contributed by atoms with Crippen LogP contribution in [-0.2, 0) is 0 Å².